The Morgan fingerprint density at radius 2 is 1.94 bits per heavy atom. The van der Waals surface area contributed by atoms with Crippen molar-refractivity contribution in [2.45, 2.75) is 38.8 Å². The predicted molar refractivity (Wildman–Crippen MR) is 73.0 cm³/mol. The fourth-order valence-corrected chi connectivity index (χ4v) is 3.13. The number of halogens is 1. The van der Waals surface area contributed by atoms with Gasteiger partial charge in [-0.1, -0.05) is 47.1 Å². The normalized spacial score (nSPS) is 21.5. The van der Waals surface area contributed by atoms with E-state index in [9.17, 15) is 0 Å². The number of benzene rings is 1. The monoisotopic (exact) mass is 281 g/mol. The summed E-state index contributed by atoms with van der Waals surface area (Å²) in [7, 11) is 0. The quantitative estimate of drug-likeness (QED) is 0.763. The first-order chi connectivity index (χ1) is 7.83. The van der Waals surface area contributed by atoms with Gasteiger partial charge >= 0.3 is 0 Å². The zero-order valence-electron chi connectivity index (χ0n) is 9.95. The molecule has 2 rings (SSSR count). The smallest absolute Gasteiger partial charge is 0.0237 e. The first-order valence-electron chi connectivity index (χ1n) is 6.21. The van der Waals surface area contributed by atoms with Gasteiger partial charge in [0.1, 0.15) is 0 Å². The average molecular weight is 282 g/mol. The van der Waals surface area contributed by atoms with Crippen LogP contribution < -0.4 is 0 Å². The zero-order valence-corrected chi connectivity index (χ0v) is 11.5. The summed E-state index contributed by atoms with van der Waals surface area (Å²) in [5, 5.41) is 1.11. The molecule has 2 heteroatoms. The summed E-state index contributed by atoms with van der Waals surface area (Å²) >= 11 is 3.61. The highest BCUT2D eigenvalue weighted by Crippen LogP contribution is 2.21. The topological polar surface area (TPSA) is 3.24 Å². The van der Waals surface area contributed by atoms with Gasteiger partial charge in [-0.15, -0.1) is 0 Å². The van der Waals surface area contributed by atoms with Crippen LogP contribution in [0.2, 0.25) is 0 Å². The van der Waals surface area contributed by atoms with Gasteiger partial charge in [-0.3, -0.25) is 4.90 Å². The van der Waals surface area contributed by atoms with Gasteiger partial charge in [0, 0.05) is 17.9 Å². The fourth-order valence-electron chi connectivity index (χ4n) is 2.39. The predicted octanol–water partition coefficient (Wildman–Crippen LogP) is 3.61. The average Bonchev–Trinajstić information content (AvgIpc) is 2.77. The van der Waals surface area contributed by atoms with E-state index >= 15 is 0 Å². The molecule has 0 amide bonds. The summed E-state index contributed by atoms with van der Waals surface area (Å²) in [6.07, 6.45) is 3.83. The molecule has 88 valence electrons. The molecule has 0 spiro atoms. The van der Waals surface area contributed by atoms with Crippen molar-refractivity contribution in [3.05, 3.63) is 35.4 Å². The van der Waals surface area contributed by atoms with Gasteiger partial charge in [-0.25, -0.2) is 0 Å². The summed E-state index contributed by atoms with van der Waals surface area (Å²) in [5.41, 5.74) is 2.88. The van der Waals surface area contributed by atoms with E-state index in [1.165, 1.54) is 30.5 Å². The highest BCUT2D eigenvalue weighted by molar-refractivity contribution is 9.09. The summed E-state index contributed by atoms with van der Waals surface area (Å²) in [4.78, 5) is 2.59. The Kier molecular flexibility index (Phi) is 4.42. The first-order valence-corrected chi connectivity index (χ1v) is 7.33. The third-order valence-corrected chi connectivity index (χ3v) is 4.24. The summed E-state index contributed by atoms with van der Waals surface area (Å²) in [5.74, 6) is 0. The van der Waals surface area contributed by atoms with Crippen molar-refractivity contribution in [3.8, 4) is 0 Å². The van der Waals surface area contributed by atoms with Crippen molar-refractivity contribution in [3.63, 3.8) is 0 Å². The molecule has 1 aromatic carbocycles. The van der Waals surface area contributed by atoms with Gasteiger partial charge in [0.05, 0.1) is 0 Å². The van der Waals surface area contributed by atoms with E-state index in [-0.39, 0.29) is 0 Å². The lowest BCUT2D eigenvalue weighted by Gasteiger charge is -2.22. The number of rotatable bonds is 4. The molecule has 0 N–H and O–H groups in total. The van der Waals surface area contributed by atoms with Gasteiger partial charge in [0.15, 0.2) is 0 Å². The fraction of sp³-hybridized carbons (Fsp3) is 0.571. The lowest BCUT2D eigenvalue weighted by atomic mass is 10.1. The van der Waals surface area contributed by atoms with Crippen LogP contribution >= 0.6 is 15.9 Å². The lowest BCUT2D eigenvalue weighted by molar-refractivity contribution is 0.265. The van der Waals surface area contributed by atoms with E-state index in [0.717, 1.165) is 24.3 Å². The maximum absolute atomic E-state index is 3.61. The van der Waals surface area contributed by atoms with Gasteiger partial charge in [-0.2, -0.15) is 0 Å². The second kappa shape index (κ2) is 5.83. The van der Waals surface area contributed by atoms with Crippen LogP contribution in [0, 0.1) is 0 Å². The maximum atomic E-state index is 3.61. The molecular weight excluding hydrogens is 262 g/mol. The van der Waals surface area contributed by atoms with Crippen LogP contribution in [0.25, 0.3) is 0 Å². The van der Waals surface area contributed by atoms with E-state index < -0.39 is 0 Å². The number of hydrogen-bond donors (Lipinski definition) is 0. The van der Waals surface area contributed by atoms with Crippen LogP contribution in [0.1, 0.15) is 30.9 Å². The van der Waals surface area contributed by atoms with Gasteiger partial charge in [-0.05, 0) is 36.9 Å². The number of likely N-dealkylation sites (tertiary alicyclic amines) is 1. The highest BCUT2D eigenvalue weighted by atomic mass is 79.9. The molecule has 0 radical (unpaired) electrons. The van der Waals surface area contributed by atoms with Crippen molar-refractivity contribution in [1.29, 1.82) is 0 Å². The third-order valence-electron chi connectivity index (χ3n) is 3.49. The van der Waals surface area contributed by atoms with Crippen LogP contribution in [0.15, 0.2) is 24.3 Å². The van der Waals surface area contributed by atoms with Crippen LogP contribution in [0.3, 0.4) is 0 Å². The van der Waals surface area contributed by atoms with E-state index in [1.54, 1.807) is 0 Å². The maximum Gasteiger partial charge on any atom is 0.0237 e. The highest BCUT2D eigenvalue weighted by Gasteiger charge is 2.22. The van der Waals surface area contributed by atoms with Crippen LogP contribution in [-0.2, 0) is 13.0 Å². The van der Waals surface area contributed by atoms with Crippen molar-refractivity contribution >= 4 is 15.9 Å². The number of aryl methyl sites for hydroxylation is 1. The molecule has 0 aromatic heterocycles. The molecule has 1 nitrogen and oxygen atoms in total. The minimum absolute atomic E-state index is 0.742. The molecule has 1 unspecified atom stereocenters. The molecular formula is C14H20BrN. The lowest BCUT2D eigenvalue weighted by Crippen LogP contribution is -2.29. The number of nitrogens with zero attached hydrogens (tertiary/aromatic N) is 1. The van der Waals surface area contributed by atoms with E-state index in [1.807, 2.05) is 0 Å². The van der Waals surface area contributed by atoms with Crippen LogP contribution in [-0.4, -0.2) is 22.8 Å². The molecule has 1 heterocycles. The largest absolute Gasteiger partial charge is 0.295 e. The number of alkyl halides is 1. The van der Waals surface area contributed by atoms with Crippen molar-refractivity contribution in [2.24, 2.45) is 0 Å². The second-order valence-electron chi connectivity index (χ2n) is 4.59. The molecule has 1 fully saturated rings. The van der Waals surface area contributed by atoms with Gasteiger partial charge < -0.3 is 0 Å². The molecule has 0 bridgehead atoms. The van der Waals surface area contributed by atoms with Crippen molar-refractivity contribution in [2.75, 3.05) is 11.9 Å². The minimum Gasteiger partial charge on any atom is -0.295 e. The molecule has 0 saturated carbocycles. The van der Waals surface area contributed by atoms with E-state index in [4.69, 9.17) is 0 Å². The Morgan fingerprint density at radius 1 is 1.25 bits per heavy atom. The molecule has 0 aliphatic carbocycles. The minimum atomic E-state index is 0.742. The summed E-state index contributed by atoms with van der Waals surface area (Å²) in [6, 6.07) is 9.82. The Hall–Kier alpha value is -0.340. The molecule has 1 atom stereocenters. The second-order valence-corrected chi connectivity index (χ2v) is 5.24. The molecule has 1 saturated heterocycles. The Balaban J connectivity index is 1.97. The molecule has 1 aliphatic heterocycles. The van der Waals surface area contributed by atoms with Crippen molar-refractivity contribution < 1.29 is 0 Å². The Bertz CT molecular complexity index is 320. The summed E-state index contributed by atoms with van der Waals surface area (Å²) in [6.45, 7) is 4.57. The Morgan fingerprint density at radius 3 is 2.56 bits per heavy atom. The first kappa shape index (κ1) is 12.1. The van der Waals surface area contributed by atoms with Crippen LogP contribution in [0.5, 0.6) is 0 Å². The van der Waals surface area contributed by atoms with Crippen LogP contribution in [0.4, 0.5) is 0 Å². The van der Waals surface area contributed by atoms with Gasteiger partial charge in [0.2, 0.25) is 0 Å². The molecule has 16 heavy (non-hydrogen) atoms. The number of hydrogen-bond acceptors (Lipinski definition) is 1. The SMILES string of the molecule is CCc1ccc(CN2CCCC2CBr)cc1. The summed E-state index contributed by atoms with van der Waals surface area (Å²) < 4.78 is 0. The Labute approximate surface area is 107 Å². The van der Waals surface area contributed by atoms with Gasteiger partial charge in [0.25, 0.3) is 0 Å². The van der Waals surface area contributed by atoms with E-state index in [2.05, 4.69) is 52.0 Å². The third kappa shape index (κ3) is 2.86. The van der Waals surface area contributed by atoms with Crippen molar-refractivity contribution in [1.82, 2.24) is 4.90 Å². The van der Waals surface area contributed by atoms with E-state index in [0.29, 0.717) is 0 Å². The molecule has 1 aromatic rings. The molecule has 1 aliphatic rings. The zero-order chi connectivity index (χ0) is 11.4. The standard InChI is InChI=1S/C14H20BrN/c1-2-12-5-7-13(8-6-12)11-16-9-3-4-14(16)10-15/h5-8,14H,2-4,9-11H2,1H3.